The Morgan fingerprint density at radius 3 is 2.75 bits per heavy atom. The lowest BCUT2D eigenvalue weighted by atomic mass is 10.0. The fourth-order valence-corrected chi connectivity index (χ4v) is 3.83. The third kappa shape index (κ3) is 5.73. The standard InChI is InChI=1S/C16H25N3O3S.ClH/c1-3-12(2)19-23(21,22)14-8-6-7-13(11-14)18-16(20)15-9-4-5-10-17-15;/h6-8,11-12,15,17,19H,3-5,9-10H2,1-2H3,(H,18,20);1H. The van der Waals surface area contributed by atoms with Gasteiger partial charge in [-0.05, 0) is 50.9 Å². The maximum Gasteiger partial charge on any atom is 0.241 e. The summed E-state index contributed by atoms with van der Waals surface area (Å²) in [6.07, 6.45) is 3.62. The van der Waals surface area contributed by atoms with Crippen molar-refractivity contribution in [3.8, 4) is 0 Å². The molecule has 24 heavy (non-hydrogen) atoms. The summed E-state index contributed by atoms with van der Waals surface area (Å²) in [5.74, 6) is -0.117. The van der Waals surface area contributed by atoms with Crippen molar-refractivity contribution < 1.29 is 13.2 Å². The van der Waals surface area contributed by atoms with Gasteiger partial charge in [0.25, 0.3) is 0 Å². The molecule has 3 N–H and O–H groups in total. The first kappa shape index (κ1) is 20.9. The molecule has 0 aliphatic carbocycles. The van der Waals surface area contributed by atoms with Gasteiger partial charge in [-0.25, -0.2) is 13.1 Å². The third-order valence-corrected chi connectivity index (χ3v) is 5.59. The average Bonchev–Trinajstić information content (AvgIpc) is 2.55. The minimum atomic E-state index is -3.57. The van der Waals surface area contributed by atoms with Crippen molar-refractivity contribution in [2.24, 2.45) is 0 Å². The number of hydrogen-bond acceptors (Lipinski definition) is 4. The number of anilines is 1. The summed E-state index contributed by atoms with van der Waals surface area (Å²) < 4.78 is 27.2. The lowest BCUT2D eigenvalue weighted by molar-refractivity contribution is -0.118. The van der Waals surface area contributed by atoms with Gasteiger partial charge in [0.15, 0.2) is 0 Å². The predicted octanol–water partition coefficient (Wildman–Crippen LogP) is 2.27. The Balaban J connectivity index is 0.00000288. The van der Waals surface area contributed by atoms with E-state index in [2.05, 4.69) is 15.4 Å². The van der Waals surface area contributed by atoms with Crippen molar-refractivity contribution in [3.05, 3.63) is 24.3 Å². The fraction of sp³-hybridized carbons (Fsp3) is 0.562. The third-order valence-electron chi connectivity index (χ3n) is 4.01. The molecule has 136 valence electrons. The summed E-state index contributed by atoms with van der Waals surface area (Å²) in [6.45, 7) is 4.57. The van der Waals surface area contributed by atoms with Crippen molar-refractivity contribution in [1.29, 1.82) is 0 Å². The van der Waals surface area contributed by atoms with Gasteiger partial charge >= 0.3 is 0 Å². The first-order valence-electron chi connectivity index (χ1n) is 8.09. The van der Waals surface area contributed by atoms with Crippen LogP contribution in [0.2, 0.25) is 0 Å². The number of benzene rings is 1. The highest BCUT2D eigenvalue weighted by Crippen LogP contribution is 2.17. The summed E-state index contributed by atoms with van der Waals surface area (Å²) in [5.41, 5.74) is 0.495. The van der Waals surface area contributed by atoms with E-state index >= 15 is 0 Å². The molecule has 1 saturated heterocycles. The zero-order chi connectivity index (χ0) is 16.9. The SMILES string of the molecule is CCC(C)NS(=O)(=O)c1cccc(NC(=O)C2CCCCN2)c1.Cl. The van der Waals surface area contributed by atoms with E-state index in [1.54, 1.807) is 12.1 Å². The predicted molar refractivity (Wildman–Crippen MR) is 98.0 cm³/mol. The summed E-state index contributed by atoms with van der Waals surface area (Å²) >= 11 is 0. The van der Waals surface area contributed by atoms with E-state index in [0.29, 0.717) is 12.1 Å². The van der Waals surface area contributed by atoms with E-state index in [-0.39, 0.29) is 35.3 Å². The molecule has 0 saturated carbocycles. The molecule has 1 amide bonds. The number of sulfonamides is 1. The highest BCUT2D eigenvalue weighted by molar-refractivity contribution is 7.89. The van der Waals surface area contributed by atoms with Crippen LogP contribution in [-0.4, -0.2) is 33.0 Å². The number of hydrogen-bond donors (Lipinski definition) is 3. The van der Waals surface area contributed by atoms with E-state index in [9.17, 15) is 13.2 Å². The van der Waals surface area contributed by atoms with Crippen molar-refractivity contribution in [2.45, 2.75) is 56.5 Å². The van der Waals surface area contributed by atoms with Gasteiger partial charge in [-0.3, -0.25) is 4.79 Å². The molecule has 0 spiro atoms. The summed E-state index contributed by atoms with van der Waals surface area (Å²) in [6, 6.07) is 6.01. The van der Waals surface area contributed by atoms with Crippen LogP contribution in [0.5, 0.6) is 0 Å². The topological polar surface area (TPSA) is 87.3 Å². The van der Waals surface area contributed by atoms with Crippen molar-refractivity contribution >= 4 is 34.0 Å². The van der Waals surface area contributed by atoms with Gasteiger partial charge in [0.1, 0.15) is 0 Å². The second-order valence-electron chi connectivity index (χ2n) is 5.95. The molecule has 1 aliphatic heterocycles. The molecule has 2 rings (SSSR count). The van der Waals surface area contributed by atoms with Gasteiger partial charge in [-0.1, -0.05) is 19.4 Å². The van der Waals surface area contributed by atoms with Gasteiger partial charge in [-0.2, -0.15) is 0 Å². The van der Waals surface area contributed by atoms with Crippen LogP contribution in [-0.2, 0) is 14.8 Å². The molecular formula is C16H26ClN3O3S. The van der Waals surface area contributed by atoms with E-state index in [1.165, 1.54) is 12.1 Å². The van der Waals surface area contributed by atoms with E-state index in [4.69, 9.17) is 0 Å². The summed E-state index contributed by atoms with van der Waals surface area (Å²) in [7, 11) is -3.57. The van der Waals surface area contributed by atoms with Crippen molar-refractivity contribution in [2.75, 3.05) is 11.9 Å². The number of amides is 1. The Morgan fingerprint density at radius 1 is 1.38 bits per heavy atom. The minimum Gasteiger partial charge on any atom is -0.325 e. The maximum absolute atomic E-state index is 12.3. The van der Waals surface area contributed by atoms with E-state index < -0.39 is 10.0 Å². The highest BCUT2D eigenvalue weighted by atomic mass is 35.5. The van der Waals surface area contributed by atoms with Crippen molar-refractivity contribution in [3.63, 3.8) is 0 Å². The van der Waals surface area contributed by atoms with Gasteiger partial charge in [0.2, 0.25) is 15.9 Å². The molecule has 1 fully saturated rings. The van der Waals surface area contributed by atoms with Crippen LogP contribution < -0.4 is 15.4 Å². The Hall–Kier alpha value is -1.15. The highest BCUT2D eigenvalue weighted by Gasteiger charge is 2.21. The molecule has 1 aliphatic rings. The van der Waals surface area contributed by atoms with Crippen LogP contribution in [0, 0.1) is 0 Å². The van der Waals surface area contributed by atoms with E-state index in [1.807, 2.05) is 13.8 Å². The maximum atomic E-state index is 12.3. The molecule has 1 heterocycles. The molecule has 1 aromatic rings. The smallest absolute Gasteiger partial charge is 0.241 e. The molecule has 2 unspecified atom stereocenters. The number of halogens is 1. The zero-order valence-corrected chi connectivity index (χ0v) is 15.7. The fourth-order valence-electron chi connectivity index (χ4n) is 2.46. The second-order valence-corrected chi connectivity index (χ2v) is 7.66. The largest absolute Gasteiger partial charge is 0.325 e. The van der Waals surface area contributed by atoms with Crippen LogP contribution >= 0.6 is 12.4 Å². The molecular weight excluding hydrogens is 350 g/mol. The quantitative estimate of drug-likeness (QED) is 0.711. The number of piperidine rings is 1. The first-order valence-corrected chi connectivity index (χ1v) is 9.57. The Labute approximate surface area is 150 Å². The van der Waals surface area contributed by atoms with Crippen LogP contribution in [0.4, 0.5) is 5.69 Å². The number of carbonyl (C=O) groups excluding carboxylic acids is 1. The molecule has 0 radical (unpaired) electrons. The molecule has 0 aromatic heterocycles. The minimum absolute atomic E-state index is 0. The van der Waals surface area contributed by atoms with Crippen molar-refractivity contribution in [1.82, 2.24) is 10.0 Å². The Morgan fingerprint density at radius 2 is 2.12 bits per heavy atom. The molecule has 0 bridgehead atoms. The zero-order valence-electron chi connectivity index (χ0n) is 14.0. The van der Waals surface area contributed by atoms with Crippen LogP contribution in [0.25, 0.3) is 0 Å². The first-order chi connectivity index (χ1) is 10.9. The molecule has 6 nitrogen and oxygen atoms in total. The number of nitrogens with one attached hydrogen (secondary N) is 3. The lowest BCUT2D eigenvalue weighted by Gasteiger charge is -2.22. The summed E-state index contributed by atoms with van der Waals surface area (Å²) in [4.78, 5) is 12.4. The molecule has 2 atom stereocenters. The molecule has 1 aromatic carbocycles. The van der Waals surface area contributed by atoms with Crippen LogP contribution in [0.3, 0.4) is 0 Å². The second kappa shape index (κ2) is 9.36. The van der Waals surface area contributed by atoms with Gasteiger partial charge in [0, 0.05) is 11.7 Å². The number of rotatable bonds is 6. The van der Waals surface area contributed by atoms with Gasteiger partial charge < -0.3 is 10.6 Å². The van der Waals surface area contributed by atoms with E-state index in [0.717, 1.165) is 25.8 Å². The lowest BCUT2D eigenvalue weighted by Crippen LogP contribution is -2.43. The normalized spacial score (nSPS) is 19.2. The Bertz CT molecular complexity index is 646. The summed E-state index contributed by atoms with van der Waals surface area (Å²) in [5, 5.41) is 5.97. The number of carbonyl (C=O) groups is 1. The monoisotopic (exact) mass is 375 g/mol. The van der Waals surface area contributed by atoms with Crippen LogP contribution in [0.15, 0.2) is 29.2 Å². The average molecular weight is 376 g/mol. The van der Waals surface area contributed by atoms with Crippen LogP contribution in [0.1, 0.15) is 39.5 Å². The van der Waals surface area contributed by atoms with Gasteiger partial charge in [0.05, 0.1) is 10.9 Å². The Kier molecular flexibility index (Phi) is 8.15. The van der Waals surface area contributed by atoms with Gasteiger partial charge in [-0.15, -0.1) is 12.4 Å². The molecule has 8 heteroatoms.